The van der Waals surface area contributed by atoms with E-state index in [4.69, 9.17) is 4.74 Å². The van der Waals surface area contributed by atoms with Crippen LogP contribution in [0.5, 0.6) is 0 Å². The van der Waals surface area contributed by atoms with Gasteiger partial charge in [-0.15, -0.1) is 0 Å². The second-order valence-corrected chi connectivity index (χ2v) is 16.3. The van der Waals surface area contributed by atoms with Gasteiger partial charge in [0.1, 0.15) is 5.60 Å². The quantitative estimate of drug-likeness (QED) is 0.649. The Hall–Kier alpha value is -0.933. The van der Waals surface area contributed by atoms with E-state index in [0.717, 1.165) is 0 Å². The Bertz CT molecular complexity index is 761. The molecule has 0 aliphatic heterocycles. The first-order valence-electron chi connectivity index (χ1n) is 7.96. The van der Waals surface area contributed by atoms with Gasteiger partial charge in [0.15, 0.2) is 23.2 Å². The minimum Gasteiger partial charge on any atom is -0.443 e. The van der Waals surface area contributed by atoms with E-state index in [1.54, 1.807) is 32.9 Å². The monoisotopic (exact) mass is 449 g/mol. The van der Waals surface area contributed by atoms with Crippen LogP contribution in [0.25, 0.3) is 0 Å². The molecule has 0 aliphatic rings. The lowest BCUT2D eigenvalue weighted by molar-refractivity contribution is 0.0571. The van der Waals surface area contributed by atoms with Crippen molar-refractivity contribution in [3.05, 3.63) is 22.8 Å². The first kappa shape index (κ1) is 22.1. The summed E-state index contributed by atoms with van der Waals surface area (Å²) in [5.74, 6) is 0. The molecule has 25 heavy (non-hydrogen) atoms. The van der Waals surface area contributed by atoms with E-state index in [2.05, 4.69) is 50.4 Å². The van der Waals surface area contributed by atoms with Crippen LogP contribution < -0.4 is 4.72 Å². The van der Waals surface area contributed by atoms with Gasteiger partial charge < -0.3 is 4.74 Å². The Labute approximate surface area is 160 Å². The predicted molar refractivity (Wildman–Crippen MR) is 107 cm³/mol. The zero-order valence-corrected chi connectivity index (χ0v) is 19.5. The van der Waals surface area contributed by atoms with Crippen LogP contribution in [0.3, 0.4) is 0 Å². The molecule has 0 saturated carbocycles. The van der Waals surface area contributed by atoms with Crippen molar-refractivity contribution in [2.45, 2.75) is 70.3 Å². The second kappa shape index (κ2) is 7.36. The fourth-order valence-corrected chi connectivity index (χ4v) is 7.10. The number of halogens is 1. The highest BCUT2D eigenvalue weighted by Crippen LogP contribution is 2.38. The van der Waals surface area contributed by atoms with Crippen molar-refractivity contribution in [1.29, 1.82) is 0 Å². The Morgan fingerprint density at radius 1 is 1.28 bits per heavy atom. The van der Waals surface area contributed by atoms with Crippen molar-refractivity contribution in [3.8, 4) is 0 Å². The van der Waals surface area contributed by atoms with E-state index in [9.17, 15) is 9.00 Å². The molecule has 0 spiro atoms. The maximum atomic E-state index is 13.7. The highest BCUT2D eigenvalue weighted by atomic mass is 79.9. The lowest BCUT2D eigenvalue weighted by atomic mass is 10.2. The summed E-state index contributed by atoms with van der Waals surface area (Å²) in [7, 11) is -5.62. The zero-order chi connectivity index (χ0) is 19.7. The number of hydrogen-bond donors (Lipinski definition) is 1. The largest absolute Gasteiger partial charge is 0.443 e. The zero-order valence-electron chi connectivity index (χ0n) is 16.1. The van der Waals surface area contributed by atoms with Gasteiger partial charge in [0.2, 0.25) is 0 Å². The average molecular weight is 450 g/mol. The summed E-state index contributed by atoms with van der Waals surface area (Å²) in [5, 5.41) is 0.0645. The van der Waals surface area contributed by atoms with Gasteiger partial charge in [-0.3, -0.25) is 4.03 Å². The first-order chi connectivity index (χ1) is 11.1. The standard InChI is InChI=1S/C16H28BrN3O3SSi/c1-15(2,3)23-14(21)19-24(22,13-11-12(17)9-10-18-13)20-25(7,8)16(4,5)6/h9-11H,1-8H3,(H,19,20,21,22). The molecule has 0 fully saturated rings. The summed E-state index contributed by atoms with van der Waals surface area (Å²) in [5.41, 5.74) is -0.702. The highest BCUT2D eigenvalue weighted by molar-refractivity contribution is 9.10. The summed E-state index contributed by atoms with van der Waals surface area (Å²) in [6, 6.07) is 3.33. The summed E-state index contributed by atoms with van der Waals surface area (Å²) in [6.07, 6.45) is 0.749. The third-order valence-electron chi connectivity index (χ3n) is 3.79. The van der Waals surface area contributed by atoms with Crippen LogP contribution in [0.1, 0.15) is 41.5 Å². The van der Waals surface area contributed by atoms with E-state index in [1.807, 2.05) is 13.1 Å². The van der Waals surface area contributed by atoms with Crippen molar-refractivity contribution < 1.29 is 13.7 Å². The van der Waals surface area contributed by atoms with Crippen LogP contribution in [0.2, 0.25) is 18.1 Å². The summed E-state index contributed by atoms with van der Waals surface area (Å²) >= 11 is 3.35. The Kier molecular flexibility index (Phi) is 6.51. The van der Waals surface area contributed by atoms with Crippen LogP contribution in [-0.4, -0.2) is 29.1 Å². The molecule has 9 heteroatoms. The number of nitrogens with zero attached hydrogens (tertiary/aromatic N) is 2. The minimum atomic E-state index is -3.28. The van der Waals surface area contributed by atoms with Gasteiger partial charge in [0, 0.05) is 10.7 Å². The molecule has 1 atom stereocenters. The van der Waals surface area contributed by atoms with Crippen molar-refractivity contribution in [2.75, 3.05) is 0 Å². The normalized spacial score (nSPS) is 15.2. The maximum Gasteiger partial charge on any atom is 0.420 e. The lowest BCUT2D eigenvalue weighted by Gasteiger charge is -2.33. The predicted octanol–water partition coefficient (Wildman–Crippen LogP) is 5.12. The number of rotatable bonds is 3. The SMILES string of the molecule is CC(C)(C)OC(=O)NS(=O)(=N[Si](C)(C)C(C)(C)C)c1cc(Br)ccn1. The number of ether oxygens (including phenoxy) is 1. The van der Waals surface area contributed by atoms with Gasteiger partial charge in [-0.25, -0.2) is 18.7 Å². The summed E-state index contributed by atoms with van der Waals surface area (Å²) in [6.45, 7) is 15.5. The fourth-order valence-electron chi connectivity index (χ4n) is 1.53. The van der Waals surface area contributed by atoms with Gasteiger partial charge in [0.05, 0.1) is 0 Å². The number of amides is 1. The van der Waals surface area contributed by atoms with Crippen LogP contribution in [-0.2, 0) is 14.7 Å². The lowest BCUT2D eigenvalue weighted by Crippen LogP contribution is -2.42. The molecule has 0 bridgehead atoms. The molecule has 0 aromatic carbocycles. The summed E-state index contributed by atoms with van der Waals surface area (Å²) in [4.78, 5) is 16.5. The Morgan fingerprint density at radius 2 is 1.84 bits per heavy atom. The van der Waals surface area contributed by atoms with Crippen LogP contribution >= 0.6 is 15.9 Å². The second-order valence-electron chi connectivity index (χ2n) is 8.34. The molecular weight excluding hydrogens is 422 g/mol. The van der Waals surface area contributed by atoms with Crippen LogP contribution in [0.4, 0.5) is 4.79 Å². The van der Waals surface area contributed by atoms with Crippen molar-refractivity contribution >= 4 is 40.2 Å². The van der Waals surface area contributed by atoms with Crippen LogP contribution in [0.15, 0.2) is 31.9 Å². The average Bonchev–Trinajstić information content (AvgIpc) is 2.33. The van der Waals surface area contributed by atoms with Gasteiger partial charge in [-0.2, -0.15) is 0 Å². The summed E-state index contributed by atoms with van der Waals surface area (Å²) < 4.78 is 26.8. The first-order valence-corrected chi connectivity index (χ1v) is 13.2. The number of hydrogen-bond acceptors (Lipinski definition) is 5. The van der Waals surface area contributed by atoms with E-state index >= 15 is 0 Å². The number of pyridine rings is 1. The third-order valence-corrected chi connectivity index (χ3v) is 12.0. The van der Waals surface area contributed by atoms with Crippen LogP contribution in [0, 0.1) is 0 Å². The molecule has 1 aromatic rings. The number of carbonyl (C=O) groups is 1. The van der Waals surface area contributed by atoms with Gasteiger partial charge in [-0.05, 0) is 51.0 Å². The minimum absolute atomic E-state index is 0.142. The Balaban J connectivity index is 3.48. The van der Waals surface area contributed by atoms with Crippen molar-refractivity contribution in [1.82, 2.24) is 9.71 Å². The van der Waals surface area contributed by atoms with E-state index in [1.165, 1.54) is 6.20 Å². The molecule has 6 nitrogen and oxygen atoms in total. The molecule has 0 saturated heterocycles. The Morgan fingerprint density at radius 3 is 2.28 bits per heavy atom. The molecule has 0 aliphatic carbocycles. The van der Waals surface area contributed by atoms with E-state index in [0.29, 0.717) is 4.47 Å². The van der Waals surface area contributed by atoms with Crippen molar-refractivity contribution in [3.63, 3.8) is 0 Å². The molecule has 1 amide bonds. The highest BCUT2D eigenvalue weighted by Gasteiger charge is 2.38. The molecule has 142 valence electrons. The number of nitrogens with one attached hydrogen (secondary N) is 1. The van der Waals surface area contributed by atoms with E-state index in [-0.39, 0.29) is 10.1 Å². The fraction of sp³-hybridized carbons (Fsp3) is 0.625. The van der Waals surface area contributed by atoms with Gasteiger partial charge in [-0.1, -0.05) is 36.7 Å². The molecule has 1 N–H and O–H groups in total. The molecule has 1 rings (SSSR count). The molecule has 0 radical (unpaired) electrons. The van der Waals surface area contributed by atoms with E-state index < -0.39 is 29.8 Å². The topological polar surface area (TPSA) is 80.6 Å². The maximum absolute atomic E-state index is 13.7. The van der Waals surface area contributed by atoms with Gasteiger partial charge in [0.25, 0.3) is 0 Å². The number of carbonyl (C=O) groups excluding carboxylic acids is 1. The molecule has 1 heterocycles. The molecular formula is C16H28BrN3O3SSi. The molecule has 1 unspecified atom stereocenters. The third kappa shape index (κ3) is 6.38. The smallest absolute Gasteiger partial charge is 0.420 e. The number of aromatic nitrogens is 1. The molecule has 1 aromatic heterocycles. The van der Waals surface area contributed by atoms with Crippen molar-refractivity contribution in [2.24, 2.45) is 4.03 Å². The van der Waals surface area contributed by atoms with Gasteiger partial charge >= 0.3 is 6.09 Å².